The third kappa shape index (κ3) is 6.21. The van der Waals surface area contributed by atoms with Gasteiger partial charge in [0.15, 0.2) is 0 Å². The van der Waals surface area contributed by atoms with Crippen molar-refractivity contribution in [2.75, 3.05) is 33.7 Å². The second-order valence-electron chi connectivity index (χ2n) is 17.5. The first kappa shape index (κ1) is 39.3. The standard InChI is InChI=1S/C62H48N4/c1-5-6-18-41(2)61-49-35-33-48(66-59-29-15-11-25-55(59)64(4)56-26-12-16-30-60(56)66)40-52(49)62(46-22-17-21-44(38-46)45-32-31-42-19-7-8-20-43(42)37-45)50-36-34-47(39-51(50)61)65-57-27-13-9-23-53(57)63(3)54-24-10-14-28-58(54)65/h5-40H,1-4H3/b6-5-,41-18+. The molecule has 2 aliphatic heterocycles. The van der Waals surface area contributed by atoms with Crippen LogP contribution in [-0.4, -0.2) is 14.1 Å². The number of para-hydroxylation sites is 8. The quantitative estimate of drug-likeness (QED) is 0.122. The highest BCUT2D eigenvalue weighted by atomic mass is 15.3. The average molecular weight is 849 g/mol. The molecule has 2 aliphatic rings. The summed E-state index contributed by atoms with van der Waals surface area (Å²) in [7, 11) is 4.34. The van der Waals surface area contributed by atoms with Crippen molar-refractivity contribution >= 4 is 94.8 Å². The maximum atomic E-state index is 2.44. The molecule has 0 atom stereocenters. The van der Waals surface area contributed by atoms with Crippen molar-refractivity contribution in [3.63, 3.8) is 0 Å². The van der Waals surface area contributed by atoms with E-state index in [0.717, 1.165) is 34.1 Å². The van der Waals surface area contributed by atoms with Gasteiger partial charge in [-0.3, -0.25) is 0 Å². The molecule has 0 radical (unpaired) electrons. The largest absolute Gasteiger partial charge is 0.341 e. The summed E-state index contributed by atoms with van der Waals surface area (Å²) in [6.07, 6.45) is 6.55. The van der Waals surface area contributed by atoms with Crippen LogP contribution in [-0.2, 0) is 0 Å². The van der Waals surface area contributed by atoms with Crippen molar-refractivity contribution in [2.45, 2.75) is 13.8 Å². The highest BCUT2D eigenvalue weighted by molar-refractivity contribution is 6.20. The molecular formula is C62H48N4. The van der Waals surface area contributed by atoms with Gasteiger partial charge in [-0.05, 0) is 164 Å². The molecular weight excluding hydrogens is 801 g/mol. The van der Waals surface area contributed by atoms with Crippen LogP contribution in [0, 0.1) is 0 Å². The van der Waals surface area contributed by atoms with Gasteiger partial charge < -0.3 is 19.6 Å². The molecule has 10 aromatic rings. The first-order valence-electron chi connectivity index (χ1n) is 22.8. The number of nitrogens with zero attached hydrogens (tertiary/aromatic N) is 4. The fourth-order valence-electron chi connectivity index (χ4n) is 10.6. The number of hydrogen-bond donors (Lipinski definition) is 0. The molecule has 0 unspecified atom stereocenters. The summed E-state index contributed by atoms with van der Waals surface area (Å²) in [4.78, 5) is 9.49. The van der Waals surface area contributed by atoms with E-state index in [2.05, 4.69) is 266 Å². The predicted molar refractivity (Wildman–Crippen MR) is 284 cm³/mol. The SMILES string of the molecule is C/C=C\C=C(/C)c1c2cc(N3c4ccccc4N(C)c4ccccc43)ccc2c(-c2cccc(-c3ccc4ccccc4c3)c2)c2cc(N3c4ccccc4N(C)c4ccccc43)ccc12. The van der Waals surface area contributed by atoms with E-state index in [0.29, 0.717) is 0 Å². The van der Waals surface area contributed by atoms with Crippen LogP contribution in [0.25, 0.3) is 60.1 Å². The molecule has 0 bridgehead atoms. The Hall–Kier alpha value is -8.34. The van der Waals surface area contributed by atoms with Gasteiger partial charge in [0.05, 0.1) is 45.5 Å². The third-order valence-electron chi connectivity index (χ3n) is 13.7. The number of rotatable bonds is 6. The monoisotopic (exact) mass is 848 g/mol. The van der Waals surface area contributed by atoms with Crippen molar-refractivity contribution in [3.8, 4) is 22.3 Å². The zero-order chi connectivity index (χ0) is 44.5. The van der Waals surface area contributed by atoms with Crippen LogP contribution in [0.1, 0.15) is 19.4 Å². The highest BCUT2D eigenvalue weighted by Crippen LogP contribution is 2.54. The molecule has 2 heterocycles. The number of allylic oxidation sites excluding steroid dienone is 4. The Balaban J connectivity index is 1.16. The van der Waals surface area contributed by atoms with E-state index in [1.807, 2.05) is 0 Å². The van der Waals surface area contributed by atoms with Gasteiger partial charge in [-0.15, -0.1) is 0 Å². The number of hydrogen-bond acceptors (Lipinski definition) is 4. The van der Waals surface area contributed by atoms with E-state index in [1.165, 1.54) is 88.5 Å². The highest BCUT2D eigenvalue weighted by Gasteiger charge is 2.30. The fourth-order valence-corrected chi connectivity index (χ4v) is 10.6. The van der Waals surface area contributed by atoms with Gasteiger partial charge in [-0.25, -0.2) is 0 Å². The van der Waals surface area contributed by atoms with Gasteiger partial charge >= 0.3 is 0 Å². The Morgan fingerprint density at radius 1 is 0.379 bits per heavy atom. The summed E-state index contributed by atoms with van der Waals surface area (Å²) in [6, 6.07) is 73.9. The molecule has 12 rings (SSSR count). The molecule has 0 aromatic heterocycles. The lowest BCUT2D eigenvalue weighted by atomic mass is 9.84. The molecule has 4 heteroatoms. The van der Waals surface area contributed by atoms with E-state index in [4.69, 9.17) is 0 Å². The third-order valence-corrected chi connectivity index (χ3v) is 13.7. The van der Waals surface area contributed by atoms with E-state index >= 15 is 0 Å². The lowest BCUT2D eigenvalue weighted by molar-refractivity contribution is 1.13. The Kier molecular flexibility index (Phi) is 9.35. The summed E-state index contributed by atoms with van der Waals surface area (Å²) < 4.78 is 0. The van der Waals surface area contributed by atoms with Crippen molar-refractivity contribution < 1.29 is 0 Å². The van der Waals surface area contributed by atoms with E-state index in [9.17, 15) is 0 Å². The van der Waals surface area contributed by atoms with Crippen LogP contribution >= 0.6 is 0 Å². The van der Waals surface area contributed by atoms with Gasteiger partial charge in [0.25, 0.3) is 0 Å². The first-order valence-corrected chi connectivity index (χ1v) is 22.8. The zero-order valence-corrected chi connectivity index (χ0v) is 37.6. The fraction of sp³-hybridized carbons (Fsp3) is 0.0645. The molecule has 0 N–H and O–H groups in total. The zero-order valence-electron chi connectivity index (χ0n) is 37.6. The lowest BCUT2D eigenvalue weighted by Gasteiger charge is -2.39. The van der Waals surface area contributed by atoms with Gasteiger partial charge in [0.1, 0.15) is 0 Å². The minimum absolute atomic E-state index is 1.12. The molecule has 0 aliphatic carbocycles. The molecule has 0 fully saturated rings. The number of anilines is 10. The van der Waals surface area contributed by atoms with E-state index in [1.54, 1.807) is 0 Å². The maximum Gasteiger partial charge on any atom is 0.0699 e. The van der Waals surface area contributed by atoms with Crippen LogP contribution in [0.2, 0.25) is 0 Å². The summed E-state index contributed by atoms with van der Waals surface area (Å²) in [5, 5.41) is 7.31. The second kappa shape index (κ2) is 15.7. The number of fused-ring (bicyclic) bond motifs is 7. The second-order valence-corrected chi connectivity index (χ2v) is 17.5. The minimum Gasteiger partial charge on any atom is -0.341 e. The van der Waals surface area contributed by atoms with Crippen LogP contribution in [0.4, 0.5) is 56.9 Å². The number of benzene rings is 10. The Bertz CT molecular complexity index is 3540. The molecule has 66 heavy (non-hydrogen) atoms. The molecule has 0 amide bonds. The van der Waals surface area contributed by atoms with E-state index < -0.39 is 0 Å². The average Bonchev–Trinajstić information content (AvgIpc) is 3.37. The van der Waals surface area contributed by atoms with Crippen LogP contribution in [0.5, 0.6) is 0 Å². The van der Waals surface area contributed by atoms with Crippen LogP contribution < -0.4 is 19.6 Å². The Morgan fingerprint density at radius 3 is 1.41 bits per heavy atom. The van der Waals surface area contributed by atoms with Gasteiger partial charge in [0.2, 0.25) is 0 Å². The van der Waals surface area contributed by atoms with Crippen molar-refractivity contribution in [3.05, 3.63) is 224 Å². The normalized spacial score (nSPS) is 13.4. The summed E-state index contributed by atoms with van der Waals surface area (Å²) in [5.41, 5.74) is 18.8. The van der Waals surface area contributed by atoms with E-state index in [-0.39, 0.29) is 0 Å². The van der Waals surface area contributed by atoms with Gasteiger partial charge in [-0.2, -0.15) is 0 Å². The van der Waals surface area contributed by atoms with Crippen molar-refractivity contribution in [1.29, 1.82) is 0 Å². The molecule has 0 saturated heterocycles. The first-order chi connectivity index (χ1) is 32.5. The van der Waals surface area contributed by atoms with Crippen LogP contribution in [0.3, 0.4) is 0 Å². The Morgan fingerprint density at radius 2 is 0.848 bits per heavy atom. The Labute approximate surface area is 386 Å². The van der Waals surface area contributed by atoms with Gasteiger partial charge in [-0.1, -0.05) is 133 Å². The van der Waals surface area contributed by atoms with Crippen molar-refractivity contribution in [1.82, 2.24) is 0 Å². The predicted octanol–water partition coefficient (Wildman–Crippen LogP) is 17.6. The molecule has 316 valence electrons. The van der Waals surface area contributed by atoms with Gasteiger partial charge in [0, 0.05) is 25.5 Å². The molecule has 0 saturated carbocycles. The smallest absolute Gasteiger partial charge is 0.0699 e. The van der Waals surface area contributed by atoms with Crippen LogP contribution in [0.15, 0.2) is 218 Å². The van der Waals surface area contributed by atoms with Crippen molar-refractivity contribution in [2.24, 2.45) is 0 Å². The summed E-state index contributed by atoms with van der Waals surface area (Å²) in [5.74, 6) is 0. The maximum absolute atomic E-state index is 2.44. The molecule has 10 aromatic carbocycles. The minimum atomic E-state index is 1.12. The summed E-state index contributed by atoms with van der Waals surface area (Å²) in [6.45, 7) is 4.35. The molecule has 0 spiro atoms. The summed E-state index contributed by atoms with van der Waals surface area (Å²) >= 11 is 0. The molecule has 4 nitrogen and oxygen atoms in total. The topological polar surface area (TPSA) is 13.0 Å². The lowest BCUT2D eigenvalue weighted by Crippen LogP contribution is -2.24.